The summed E-state index contributed by atoms with van der Waals surface area (Å²) in [5.74, 6) is 0.309. The molecule has 0 atom stereocenters. The summed E-state index contributed by atoms with van der Waals surface area (Å²) in [4.78, 5) is 4.39. The number of aliphatic imine (C=N–C) groups is 1. The Morgan fingerprint density at radius 3 is 2.62 bits per heavy atom. The lowest BCUT2D eigenvalue weighted by Gasteiger charge is -2.25. The highest BCUT2D eigenvalue weighted by molar-refractivity contribution is 7.92. The number of guanidine groups is 1. The van der Waals surface area contributed by atoms with E-state index in [9.17, 15) is 8.42 Å². The summed E-state index contributed by atoms with van der Waals surface area (Å²) < 4.78 is 23.6. The molecule has 0 spiro atoms. The molecule has 2 aliphatic carbocycles. The van der Waals surface area contributed by atoms with Crippen LogP contribution in [0.2, 0.25) is 0 Å². The first-order valence-corrected chi connectivity index (χ1v) is 10.7. The van der Waals surface area contributed by atoms with E-state index in [1.54, 1.807) is 0 Å². The topological polar surface area (TPSA) is 84.5 Å². The maximum Gasteiger partial charge on any atom is 0.193 e. The van der Waals surface area contributed by atoms with E-state index in [1.165, 1.54) is 30.2 Å². The second-order valence-electron chi connectivity index (χ2n) is 7.14. The Bertz CT molecular complexity index is 735. The summed E-state index contributed by atoms with van der Waals surface area (Å²) in [5.41, 5.74) is 9.77. The Morgan fingerprint density at radius 1 is 1.21 bits per heavy atom. The van der Waals surface area contributed by atoms with E-state index in [0.29, 0.717) is 18.8 Å². The number of nitrogens with two attached hydrogens (primary N) is 1. The first kappa shape index (κ1) is 17.3. The van der Waals surface area contributed by atoms with Gasteiger partial charge < -0.3 is 11.1 Å². The molecule has 6 heteroatoms. The van der Waals surface area contributed by atoms with Gasteiger partial charge in [0.2, 0.25) is 0 Å². The Balaban J connectivity index is 1.75. The normalized spacial score (nSPS) is 20.6. The van der Waals surface area contributed by atoms with Crippen LogP contribution in [-0.2, 0) is 22.7 Å². The fourth-order valence-corrected chi connectivity index (χ4v) is 5.30. The van der Waals surface area contributed by atoms with Crippen LogP contribution >= 0.6 is 0 Å². The molecule has 0 aromatic heterocycles. The van der Waals surface area contributed by atoms with Crippen LogP contribution in [0.5, 0.6) is 0 Å². The zero-order valence-corrected chi connectivity index (χ0v) is 15.2. The van der Waals surface area contributed by atoms with Crippen LogP contribution in [0.4, 0.5) is 5.69 Å². The lowest BCUT2D eigenvalue weighted by Crippen LogP contribution is -2.39. The minimum Gasteiger partial charge on any atom is -0.370 e. The zero-order chi connectivity index (χ0) is 17.2. The maximum atomic E-state index is 12.2. The van der Waals surface area contributed by atoms with Gasteiger partial charge in [-0.25, -0.2) is 8.42 Å². The van der Waals surface area contributed by atoms with E-state index in [0.717, 1.165) is 31.4 Å². The number of nitrogens with zero attached hydrogens (tertiary/aromatic N) is 1. The number of anilines is 1. The van der Waals surface area contributed by atoms with Gasteiger partial charge in [0.15, 0.2) is 15.8 Å². The van der Waals surface area contributed by atoms with Gasteiger partial charge in [-0.05, 0) is 55.7 Å². The van der Waals surface area contributed by atoms with Crippen molar-refractivity contribution in [1.29, 1.82) is 0 Å². The molecule has 5 nitrogen and oxygen atoms in total. The van der Waals surface area contributed by atoms with Gasteiger partial charge in [0.1, 0.15) is 0 Å². The number of nitrogens with one attached hydrogen (secondary N) is 1. The molecule has 3 rings (SSSR count). The summed E-state index contributed by atoms with van der Waals surface area (Å²) in [6.45, 7) is 0.250. The molecule has 0 amide bonds. The SMILES string of the molecule is CS(=O)(=O)C1(CN=C(N)Nc2cccc3c2CCCC3)CCCC1. The summed E-state index contributed by atoms with van der Waals surface area (Å²) >= 11 is 0. The second-order valence-corrected chi connectivity index (χ2v) is 9.55. The molecule has 1 fully saturated rings. The van der Waals surface area contributed by atoms with Crippen LogP contribution in [0.1, 0.15) is 49.7 Å². The van der Waals surface area contributed by atoms with Crippen molar-refractivity contribution in [1.82, 2.24) is 0 Å². The van der Waals surface area contributed by atoms with E-state index in [2.05, 4.69) is 16.4 Å². The van der Waals surface area contributed by atoms with Gasteiger partial charge in [-0.3, -0.25) is 4.99 Å². The van der Waals surface area contributed by atoms with E-state index in [1.807, 2.05) is 12.1 Å². The number of hydrogen-bond donors (Lipinski definition) is 2. The number of sulfone groups is 1. The summed E-state index contributed by atoms with van der Waals surface area (Å²) in [5, 5.41) is 3.20. The summed E-state index contributed by atoms with van der Waals surface area (Å²) in [7, 11) is -3.14. The van der Waals surface area contributed by atoms with Crippen molar-refractivity contribution in [3.63, 3.8) is 0 Å². The lowest BCUT2D eigenvalue weighted by molar-refractivity contribution is 0.521. The minimum atomic E-state index is -3.14. The Labute approximate surface area is 144 Å². The van der Waals surface area contributed by atoms with Gasteiger partial charge in [0.25, 0.3) is 0 Å². The number of fused-ring (bicyclic) bond motifs is 1. The third-order valence-electron chi connectivity index (χ3n) is 5.50. The highest BCUT2D eigenvalue weighted by Crippen LogP contribution is 2.36. The van der Waals surface area contributed by atoms with Crippen LogP contribution in [0.25, 0.3) is 0 Å². The monoisotopic (exact) mass is 349 g/mol. The zero-order valence-electron chi connectivity index (χ0n) is 14.3. The Hall–Kier alpha value is -1.56. The largest absolute Gasteiger partial charge is 0.370 e. The van der Waals surface area contributed by atoms with Crippen LogP contribution in [-0.4, -0.2) is 31.9 Å². The average molecular weight is 350 g/mol. The highest BCUT2D eigenvalue weighted by atomic mass is 32.2. The van der Waals surface area contributed by atoms with E-state index in [-0.39, 0.29) is 6.54 Å². The summed E-state index contributed by atoms with van der Waals surface area (Å²) in [6.07, 6.45) is 9.18. The van der Waals surface area contributed by atoms with Crippen molar-refractivity contribution >= 4 is 21.5 Å². The van der Waals surface area contributed by atoms with Crippen molar-refractivity contribution in [3.05, 3.63) is 29.3 Å². The first-order chi connectivity index (χ1) is 11.4. The molecule has 3 N–H and O–H groups in total. The fourth-order valence-electron chi connectivity index (χ4n) is 3.97. The third-order valence-corrected chi connectivity index (χ3v) is 7.61. The minimum absolute atomic E-state index is 0.250. The standard InChI is InChI=1S/C18H27N3O2S/c1-24(22,23)18(11-4-5-12-18)13-20-17(19)21-16-10-6-8-14-7-2-3-9-15(14)16/h6,8,10H,2-5,7,9,11-13H2,1H3,(H3,19,20,21). The first-order valence-electron chi connectivity index (χ1n) is 8.79. The quantitative estimate of drug-likeness (QED) is 0.646. The van der Waals surface area contributed by atoms with Crippen LogP contribution in [0, 0.1) is 0 Å². The fraction of sp³-hybridized carbons (Fsp3) is 0.611. The van der Waals surface area contributed by atoms with Crippen LogP contribution in [0.15, 0.2) is 23.2 Å². The van der Waals surface area contributed by atoms with Gasteiger partial charge >= 0.3 is 0 Å². The molecular formula is C18H27N3O2S. The van der Waals surface area contributed by atoms with E-state index < -0.39 is 14.6 Å². The van der Waals surface area contributed by atoms with Crippen LogP contribution < -0.4 is 11.1 Å². The molecule has 1 aromatic rings. The second kappa shape index (κ2) is 6.75. The summed E-state index contributed by atoms with van der Waals surface area (Å²) in [6, 6.07) is 6.23. The van der Waals surface area contributed by atoms with Gasteiger partial charge in [-0.1, -0.05) is 25.0 Å². The third kappa shape index (κ3) is 3.43. The number of rotatable bonds is 4. The number of hydrogen-bond acceptors (Lipinski definition) is 3. The van der Waals surface area contributed by atoms with E-state index in [4.69, 9.17) is 5.73 Å². The predicted octanol–water partition coefficient (Wildman–Crippen LogP) is 2.65. The molecule has 0 unspecified atom stereocenters. The number of aryl methyl sites for hydroxylation is 1. The lowest BCUT2D eigenvalue weighted by atomic mass is 9.90. The number of benzene rings is 1. The molecule has 24 heavy (non-hydrogen) atoms. The Morgan fingerprint density at radius 2 is 1.92 bits per heavy atom. The molecule has 0 radical (unpaired) electrons. The van der Waals surface area contributed by atoms with Gasteiger partial charge in [-0.15, -0.1) is 0 Å². The molecular weight excluding hydrogens is 322 g/mol. The van der Waals surface area contributed by atoms with Gasteiger partial charge in [0.05, 0.1) is 11.3 Å². The van der Waals surface area contributed by atoms with Gasteiger partial charge in [-0.2, -0.15) is 0 Å². The molecule has 1 saturated carbocycles. The highest BCUT2D eigenvalue weighted by Gasteiger charge is 2.43. The molecule has 0 aliphatic heterocycles. The predicted molar refractivity (Wildman–Crippen MR) is 99.2 cm³/mol. The van der Waals surface area contributed by atoms with Crippen molar-refractivity contribution in [2.45, 2.75) is 56.1 Å². The Kier molecular flexibility index (Phi) is 4.85. The van der Waals surface area contributed by atoms with Crippen molar-refractivity contribution in [2.24, 2.45) is 10.7 Å². The van der Waals surface area contributed by atoms with Crippen molar-refractivity contribution in [2.75, 3.05) is 18.1 Å². The molecule has 2 aliphatic rings. The van der Waals surface area contributed by atoms with Gasteiger partial charge in [0, 0.05) is 11.9 Å². The molecule has 0 bridgehead atoms. The van der Waals surface area contributed by atoms with Crippen LogP contribution in [0.3, 0.4) is 0 Å². The molecule has 0 heterocycles. The van der Waals surface area contributed by atoms with Crippen molar-refractivity contribution in [3.8, 4) is 0 Å². The molecule has 132 valence electrons. The maximum absolute atomic E-state index is 12.2. The van der Waals surface area contributed by atoms with E-state index >= 15 is 0 Å². The molecule has 1 aromatic carbocycles. The smallest absolute Gasteiger partial charge is 0.193 e. The molecule has 0 saturated heterocycles. The average Bonchev–Trinajstić information content (AvgIpc) is 3.03. The van der Waals surface area contributed by atoms with Crippen molar-refractivity contribution < 1.29 is 8.42 Å².